The van der Waals surface area contributed by atoms with Crippen LogP contribution >= 0.6 is 11.6 Å². The molecule has 0 aliphatic carbocycles. The van der Waals surface area contributed by atoms with Crippen LogP contribution in [0.5, 0.6) is 5.75 Å². The van der Waals surface area contributed by atoms with E-state index in [1.54, 1.807) is 35.2 Å². The Labute approximate surface area is 171 Å². The number of halogens is 1. The first kappa shape index (κ1) is 21.8. The summed E-state index contributed by atoms with van der Waals surface area (Å²) in [6.45, 7) is 7.62. The van der Waals surface area contributed by atoms with Gasteiger partial charge in [0.25, 0.3) is 5.91 Å². The molecule has 0 unspecified atom stereocenters. The second kappa shape index (κ2) is 10.7. The first-order valence-electron chi connectivity index (χ1n) is 9.52. The van der Waals surface area contributed by atoms with Crippen molar-refractivity contribution in [2.75, 3.05) is 25.0 Å². The number of carbonyl (C=O) groups is 2. The highest BCUT2D eigenvalue weighted by Gasteiger charge is 2.12. The van der Waals surface area contributed by atoms with Crippen molar-refractivity contribution in [3.05, 3.63) is 58.6 Å². The summed E-state index contributed by atoms with van der Waals surface area (Å²) in [6.07, 6.45) is 0.957. The van der Waals surface area contributed by atoms with E-state index in [9.17, 15) is 9.59 Å². The minimum atomic E-state index is -0.0845. The summed E-state index contributed by atoms with van der Waals surface area (Å²) in [7, 11) is 0. The van der Waals surface area contributed by atoms with Crippen molar-refractivity contribution in [1.29, 1.82) is 0 Å². The minimum absolute atomic E-state index is 0.00235. The molecule has 0 bridgehead atoms. The number of aryl methyl sites for hydroxylation is 1. The van der Waals surface area contributed by atoms with Crippen molar-refractivity contribution < 1.29 is 14.3 Å². The minimum Gasteiger partial charge on any atom is -0.494 e. The number of hydrogen-bond acceptors (Lipinski definition) is 3. The zero-order valence-corrected chi connectivity index (χ0v) is 17.4. The molecule has 0 saturated heterocycles. The number of rotatable bonds is 9. The molecule has 0 aliphatic heterocycles. The molecule has 0 atom stereocenters. The van der Waals surface area contributed by atoms with E-state index in [0.717, 1.165) is 11.3 Å². The van der Waals surface area contributed by atoms with Crippen LogP contribution in [0.15, 0.2) is 42.5 Å². The smallest absolute Gasteiger partial charge is 0.253 e. The maximum Gasteiger partial charge on any atom is 0.253 e. The van der Waals surface area contributed by atoms with E-state index in [1.165, 1.54) is 0 Å². The molecular weight excluding hydrogens is 376 g/mol. The molecule has 2 aromatic carbocycles. The summed E-state index contributed by atoms with van der Waals surface area (Å²) in [5.74, 6) is 0.659. The Morgan fingerprint density at radius 2 is 1.75 bits per heavy atom. The third kappa shape index (κ3) is 6.27. The average Bonchev–Trinajstić information content (AvgIpc) is 2.69. The van der Waals surface area contributed by atoms with Crippen molar-refractivity contribution >= 4 is 29.1 Å². The summed E-state index contributed by atoms with van der Waals surface area (Å²) < 4.78 is 5.65. The molecule has 0 saturated carbocycles. The molecule has 2 aromatic rings. The Bertz CT molecular complexity index is 802. The molecule has 1 N–H and O–H groups in total. The van der Waals surface area contributed by atoms with E-state index in [4.69, 9.17) is 16.3 Å². The van der Waals surface area contributed by atoms with Gasteiger partial charge in [0.1, 0.15) is 5.75 Å². The predicted molar refractivity (Wildman–Crippen MR) is 113 cm³/mol. The second-order valence-electron chi connectivity index (χ2n) is 6.47. The van der Waals surface area contributed by atoms with Gasteiger partial charge in [-0.1, -0.05) is 11.6 Å². The fourth-order valence-corrected chi connectivity index (χ4v) is 2.86. The number of anilines is 1. The van der Waals surface area contributed by atoms with Gasteiger partial charge in [-0.2, -0.15) is 0 Å². The molecule has 5 nitrogen and oxygen atoms in total. The largest absolute Gasteiger partial charge is 0.494 e. The SMILES string of the molecule is CCN(CC)C(=O)c1ccc(NC(=O)CCCOc2ccc(Cl)c(C)c2)cc1. The molecule has 0 fully saturated rings. The van der Waals surface area contributed by atoms with Crippen molar-refractivity contribution in [3.63, 3.8) is 0 Å². The van der Waals surface area contributed by atoms with Gasteiger partial charge in [-0.3, -0.25) is 9.59 Å². The van der Waals surface area contributed by atoms with E-state index < -0.39 is 0 Å². The van der Waals surface area contributed by atoms with Crippen LogP contribution in [0.25, 0.3) is 0 Å². The Hall–Kier alpha value is -2.53. The maximum absolute atomic E-state index is 12.3. The third-order valence-corrected chi connectivity index (χ3v) is 4.84. The fraction of sp³-hybridized carbons (Fsp3) is 0.364. The van der Waals surface area contributed by atoms with Crippen molar-refractivity contribution in [2.24, 2.45) is 0 Å². The van der Waals surface area contributed by atoms with Gasteiger partial charge < -0.3 is 15.0 Å². The van der Waals surface area contributed by atoms with Crippen LogP contribution in [-0.4, -0.2) is 36.4 Å². The van der Waals surface area contributed by atoms with Gasteiger partial charge >= 0.3 is 0 Å². The van der Waals surface area contributed by atoms with E-state index in [1.807, 2.05) is 32.9 Å². The molecule has 2 amide bonds. The van der Waals surface area contributed by atoms with E-state index >= 15 is 0 Å². The molecule has 0 radical (unpaired) electrons. The first-order valence-corrected chi connectivity index (χ1v) is 9.90. The molecule has 0 heterocycles. The maximum atomic E-state index is 12.3. The summed E-state index contributed by atoms with van der Waals surface area (Å²) in [4.78, 5) is 26.1. The van der Waals surface area contributed by atoms with Crippen LogP contribution in [0.4, 0.5) is 5.69 Å². The average molecular weight is 403 g/mol. The number of hydrogen-bond donors (Lipinski definition) is 1. The summed E-state index contributed by atoms with van der Waals surface area (Å²) in [5, 5.41) is 3.55. The highest BCUT2D eigenvalue weighted by Crippen LogP contribution is 2.21. The zero-order chi connectivity index (χ0) is 20.5. The number of nitrogens with one attached hydrogen (secondary N) is 1. The Morgan fingerprint density at radius 1 is 1.07 bits per heavy atom. The van der Waals surface area contributed by atoms with Gasteiger partial charge in [-0.25, -0.2) is 0 Å². The van der Waals surface area contributed by atoms with Crippen LogP contribution in [0.3, 0.4) is 0 Å². The van der Waals surface area contributed by atoms with E-state index in [2.05, 4.69) is 5.32 Å². The van der Waals surface area contributed by atoms with Gasteiger partial charge in [0.2, 0.25) is 5.91 Å². The first-order chi connectivity index (χ1) is 13.4. The molecular formula is C22H27ClN2O3. The lowest BCUT2D eigenvalue weighted by Crippen LogP contribution is -2.30. The highest BCUT2D eigenvalue weighted by atomic mass is 35.5. The van der Waals surface area contributed by atoms with Crippen LogP contribution in [0, 0.1) is 6.92 Å². The number of ether oxygens (including phenoxy) is 1. The van der Waals surface area contributed by atoms with Crippen LogP contribution < -0.4 is 10.1 Å². The van der Waals surface area contributed by atoms with Crippen molar-refractivity contribution in [3.8, 4) is 5.75 Å². The lowest BCUT2D eigenvalue weighted by Gasteiger charge is -2.18. The quantitative estimate of drug-likeness (QED) is 0.605. The molecule has 2 rings (SSSR count). The molecule has 28 heavy (non-hydrogen) atoms. The van der Waals surface area contributed by atoms with Gasteiger partial charge in [-0.05, 0) is 75.2 Å². The number of carbonyl (C=O) groups excluding carboxylic acids is 2. The molecule has 0 aliphatic rings. The zero-order valence-electron chi connectivity index (χ0n) is 16.6. The predicted octanol–water partition coefficient (Wildman–Crippen LogP) is 4.93. The van der Waals surface area contributed by atoms with Gasteiger partial charge in [0.05, 0.1) is 6.61 Å². The van der Waals surface area contributed by atoms with E-state index in [0.29, 0.717) is 48.8 Å². The molecule has 0 spiro atoms. The van der Waals surface area contributed by atoms with E-state index in [-0.39, 0.29) is 11.8 Å². The van der Waals surface area contributed by atoms with Crippen LogP contribution in [0.1, 0.15) is 42.6 Å². The fourth-order valence-electron chi connectivity index (χ4n) is 2.74. The van der Waals surface area contributed by atoms with Gasteiger partial charge in [0.15, 0.2) is 0 Å². The van der Waals surface area contributed by atoms with Gasteiger partial charge in [-0.15, -0.1) is 0 Å². The third-order valence-electron chi connectivity index (χ3n) is 4.41. The normalized spacial score (nSPS) is 10.4. The Balaban J connectivity index is 1.76. The Morgan fingerprint density at radius 3 is 2.36 bits per heavy atom. The summed E-state index contributed by atoms with van der Waals surface area (Å²) in [6, 6.07) is 12.5. The number of nitrogens with zero attached hydrogens (tertiary/aromatic N) is 1. The monoisotopic (exact) mass is 402 g/mol. The van der Waals surface area contributed by atoms with Gasteiger partial charge in [0, 0.05) is 35.8 Å². The lowest BCUT2D eigenvalue weighted by atomic mass is 10.1. The molecule has 6 heteroatoms. The van der Waals surface area contributed by atoms with Crippen LogP contribution in [0.2, 0.25) is 5.02 Å². The number of benzene rings is 2. The summed E-state index contributed by atoms with van der Waals surface area (Å²) >= 11 is 5.99. The van der Waals surface area contributed by atoms with Crippen molar-refractivity contribution in [1.82, 2.24) is 4.90 Å². The van der Waals surface area contributed by atoms with Crippen molar-refractivity contribution in [2.45, 2.75) is 33.6 Å². The highest BCUT2D eigenvalue weighted by molar-refractivity contribution is 6.31. The Kier molecular flexibility index (Phi) is 8.33. The standard InChI is InChI=1S/C22H27ClN2O3/c1-4-25(5-2)22(27)17-8-10-18(11-9-17)24-21(26)7-6-14-28-19-12-13-20(23)16(3)15-19/h8-13,15H,4-7,14H2,1-3H3,(H,24,26). The lowest BCUT2D eigenvalue weighted by molar-refractivity contribution is -0.116. The molecule has 150 valence electrons. The molecule has 0 aromatic heterocycles. The topological polar surface area (TPSA) is 58.6 Å². The second-order valence-corrected chi connectivity index (χ2v) is 6.87. The summed E-state index contributed by atoms with van der Waals surface area (Å²) in [5.41, 5.74) is 2.25. The van der Waals surface area contributed by atoms with Crippen LogP contribution in [-0.2, 0) is 4.79 Å². The number of amides is 2.